The maximum Gasteiger partial charge on any atom is 0.269 e. The van der Waals surface area contributed by atoms with Crippen LogP contribution in [0, 0.1) is 10.1 Å². The van der Waals surface area contributed by atoms with Gasteiger partial charge in [-0.1, -0.05) is 12.1 Å². The van der Waals surface area contributed by atoms with Crippen molar-refractivity contribution < 1.29 is 19.2 Å². The summed E-state index contributed by atoms with van der Waals surface area (Å²) in [4.78, 5) is 21.9. The Bertz CT molecular complexity index is 802. The van der Waals surface area contributed by atoms with E-state index in [1.807, 2.05) is 0 Å². The van der Waals surface area contributed by atoms with Crippen molar-refractivity contribution in [2.45, 2.75) is 6.42 Å². The van der Waals surface area contributed by atoms with Gasteiger partial charge in [-0.25, -0.2) is 5.43 Å². The number of carbonyl (C=O) groups is 1. The predicted molar refractivity (Wildman–Crippen MR) is 85.1 cm³/mol. The summed E-state index contributed by atoms with van der Waals surface area (Å²) in [5.41, 5.74) is 3.82. The number of nitro benzene ring substituents is 1. The summed E-state index contributed by atoms with van der Waals surface area (Å²) >= 11 is 0. The van der Waals surface area contributed by atoms with Crippen molar-refractivity contribution >= 4 is 17.8 Å². The number of nitrogens with zero attached hydrogens (tertiary/aromatic N) is 2. The van der Waals surface area contributed by atoms with E-state index in [1.165, 1.54) is 18.3 Å². The van der Waals surface area contributed by atoms with E-state index in [1.54, 1.807) is 30.3 Å². The Morgan fingerprint density at radius 1 is 1.21 bits per heavy atom. The quantitative estimate of drug-likeness (QED) is 0.514. The third-order valence-corrected chi connectivity index (χ3v) is 3.31. The van der Waals surface area contributed by atoms with Crippen molar-refractivity contribution in [2.24, 2.45) is 5.10 Å². The predicted octanol–water partition coefficient (Wildman–Crippen LogP) is 2.02. The molecule has 8 heteroatoms. The molecule has 0 saturated heterocycles. The Kier molecular flexibility index (Phi) is 4.37. The standard InChI is InChI=1S/C16H13N3O5/c20-16(8-11-1-4-13(5-2-11)19(21)22)18-17-9-12-3-6-14-15(7-12)24-10-23-14/h1-7,9H,8,10H2,(H,18,20)/b17-9+. The third kappa shape index (κ3) is 3.67. The van der Waals surface area contributed by atoms with Crippen LogP contribution >= 0.6 is 0 Å². The minimum Gasteiger partial charge on any atom is -0.454 e. The van der Waals surface area contributed by atoms with Crippen LogP contribution in [0.5, 0.6) is 11.5 Å². The van der Waals surface area contributed by atoms with Crippen LogP contribution in [0.25, 0.3) is 0 Å². The second-order valence-electron chi connectivity index (χ2n) is 5.01. The zero-order valence-electron chi connectivity index (χ0n) is 12.5. The number of nitro groups is 1. The van der Waals surface area contributed by atoms with E-state index in [2.05, 4.69) is 10.5 Å². The first-order chi connectivity index (χ1) is 11.6. The molecule has 3 rings (SSSR count). The van der Waals surface area contributed by atoms with E-state index >= 15 is 0 Å². The summed E-state index contributed by atoms with van der Waals surface area (Å²) in [6.45, 7) is 0.196. The SMILES string of the molecule is O=C(Cc1ccc([N+](=O)[O-])cc1)N/N=C/c1ccc2c(c1)OCO2. The fourth-order valence-electron chi connectivity index (χ4n) is 2.13. The van der Waals surface area contributed by atoms with Gasteiger partial charge < -0.3 is 9.47 Å². The summed E-state index contributed by atoms with van der Waals surface area (Å²) < 4.78 is 10.5. The van der Waals surface area contributed by atoms with Crippen molar-refractivity contribution in [3.05, 3.63) is 63.7 Å². The van der Waals surface area contributed by atoms with Gasteiger partial charge in [0, 0.05) is 12.1 Å². The summed E-state index contributed by atoms with van der Waals surface area (Å²) in [5.74, 6) is 0.992. The average molecular weight is 327 g/mol. The molecule has 2 aromatic rings. The molecule has 8 nitrogen and oxygen atoms in total. The molecule has 0 aliphatic carbocycles. The molecular formula is C16H13N3O5. The number of ether oxygens (including phenoxy) is 2. The number of hydrogen-bond acceptors (Lipinski definition) is 6. The van der Waals surface area contributed by atoms with Crippen molar-refractivity contribution in [3.63, 3.8) is 0 Å². The van der Waals surface area contributed by atoms with Crippen LogP contribution in [-0.4, -0.2) is 23.8 Å². The minimum absolute atomic E-state index is 0.0139. The topological polar surface area (TPSA) is 103 Å². The number of hydrogen-bond donors (Lipinski definition) is 1. The van der Waals surface area contributed by atoms with Gasteiger partial charge in [0.15, 0.2) is 11.5 Å². The highest BCUT2D eigenvalue weighted by molar-refractivity contribution is 5.84. The van der Waals surface area contributed by atoms with E-state index < -0.39 is 4.92 Å². The van der Waals surface area contributed by atoms with Gasteiger partial charge in [0.25, 0.3) is 5.69 Å². The largest absolute Gasteiger partial charge is 0.454 e. The summed E-state index contributed by atoms with van der Waals surface area (Å²) in [5, 5.41) is 14.5. The fourth-order valence-corrected chi connectivity index (χ4v) is 2.13. The molecular weight excluding hydrogens is 314 g/mol. The highest BCUT2D eigenvalue weighted by Crippen LogP contribution is 2.31. The zero-order valence-corrected chi connectivity index (χ0v) is 12.5. The van der Waals surface area contributed by atoms with Gasteiger partial charge in [-0.3, -0.25) is 14.9 Å². The van der Waals surface area contributed by atoms with Crippen molar-refractivity contribution in [3.8, 4) is 11.5 Å². The molecule has 1 aliphatic rings. The van der Waals surface area contributed by atoms with Crippen molar-refractivity contribution in [1.29, 1.82) is 0 Å². The van der Waals surface area contributed by atoms with Gasteiger partial charge in [-0.2, -0.15) is 5.10 Å². The van der Waals surface area contributed by atoms with Gasteiger partial charge >= 0.3 is 0 Å². The molecule has 24 heavy (non-hydrogen) atoms. The lowest BCUT2D eigenvalue weighted by Gasteiger charge is -2.01. The summed E-state index contributed by atoms with van der Waals surface area (Å²) in [6, 6.07) is 11.1. The van der Waals surface area contributed by atoms with Crippen LogP contribution in [0.1, 0.15) is 11.1 Å². The molecule has 1 aliphatic heterocycles. The van der Waals surface area contributed by atoms with E-state index in [0.29, 0.717) is 17.1 Å². The van der Waals surface area contributed by atoms with Gasteiger partial charge in [0.2, 0.25) is 12.7 Å². The highest BCUT2D eigenvalue weighted by Gasteiger charge is 2.12. The van der Waals surface area contributed by atoms with Crippen LogP contribution in [-0.2, 0) is 11.2 Å². The van der Waals surface area contributed by atoms with Crippen LogP contribution in [0.2, 0.25) is 0 Å². The second kappa shape index (κ2) is 6.78. The molecule has 0 radical (unpaired) electrons. The summed E-state index contributed by atoms with van der Waals surface area (Å²) in [7, 11) is 0. The molecule has 0 aromatic heterocycles. The molecule has 0 bridgehead atoms. The number of carbonyl (C=O) groups excluding carboxylic acids is 1. The van der Waals surface area contributed by atoms with Crippen LogP contribution in [0.15, 0.2) is 47.6 Å². The number of benzene rings is 2. The number of hydrazone groups is 1. The first-order valence-electron chi connectivity index (χ1n) is 7.07. The molecule has 0 unspecified atom stereocenters. The normalized spacial score (nSPS) is 12.3. The molecule has 1 N–H and O–H groups in total. The number of rotatable bonds is 5. The van der Waals surface area contributed by atoms with Crippen LogP contribution in [0.4, 0.5) is 5.69 Å². The second-order valence-corrected chi connectivity index (χ2v) is 5.01. The molecule has 0 fully saturated rings. The Hall–Kier alpha value is -3.42. The number of non-ortho nitro benzene ring substituents is 1. The van der Waals surface area contributed by atoms with E-state index in [-0.39, 0.29) is 24.8 Å². The smallest absolute Gasteiger partial charge is 0.269 e. The van der Waals surface area contributed by atoms with E-state index in [9.17, 15) is 14.9 Å². The minimum atomic E-state index is -0.487. The Morgan fingerprint density at radius 2 is 1.96 bits per heavy atom. The number of fused-ring (bicyclic) bond motifs is 1. The van der Waals surface area contributed by atoms with Crippen molar-refractivity contribution in [2.75, 3.05) is 6.79 Å². The van der Waals surface area contributed by atoms with Crippen molar-refractivity contribution in [1.82, 2.24) is 5.43 Å². The first kappa shape index (κ1) is 15.5. The molecule has 0 spiro atoms. The molecule has 1 heterocycles. The lowest BCUT2D eigenvalue weighted by Crippen LogP contribution is -2.19. The van der Waals surface area contributed by atoms with Gasteiger partial charge in [-0.05, 0) is 29.3 Å². The molecule has 2 aromatic carbocycles. The van der Waals surface area contributed by atoms with Crippen LogP contribution in [0.3, 0.4) is 0 Å². The van der Waals surface area contributed by atoms with Gasteiger partial charge in [-0.15, -0.1) is 0 Å². The molecule has 0 atom stereocenters. The maximum atomic E-state index is 11.8. The lowest BCUT2D eigenvalue weighted by molar-refractivity contribution is -0.384. The Balaban J connectivity index is 1.54. The number of nitrogens with one attached hydrogen (secondary N) is 1. The Labute approximate surface area is 136 Å². The Morgan fingerprint density at radius 3 is 2.71 bits per heavy atom. The monoisotopic (exact) mass is 327 g/mol. The first-order valence-corrected chi connectivity index (χ1v) is 7.07. The van der Waals surface area contributed by atoms with E-state index in [0.717, 1.165) is 5.56 Å². The third-order valence-electron chi connectivity index (χ3n) is 3.31. The highest BCUT2D eigenvalue weighted by atomic mass is 16.7. The molecule has 1 amide bonds. The molecule has 122 valence electrons. The average Bonchev–Trinajstić information content (AvgIpc) is 3.03. The van der Waals surface area contributed by atoms with Gasteiger partial charge in [0.05, 0.1) is 17.6 Å². The number of amides is 1. The maximum absolute atomic E-state index is 11.8. The zero-order chi connectivity index (χ0) is 16.9. The van der Waals surface area contributed by atoms with E-state index in [4.69, 9.17) is 9.47 Å². The van der Waals surface area contributed by atoms with Gasteiger partial charge in [0.1, 0.15) is 0 Å². The molecule has 0 saturated carbocycles. The fraction of sp³-hybridized carbons (Fsp3) is 0.125. The van der Waals surface area contributed by atoms with Crippen LogP contribution < -0.4 is 14.9 Å². The summed E-state index contributed by atoms with van der Waals surface area (Å²) in [6.07, 6.45) is 1.58. The lowest BCUT2D eigenvalue weighted by atomic mass is 10.1.